The number of nitriles is 1. The lowest BCUT2D eigenvalue weighted by molar-refractivity contribution is -0.136. The molecule has 0 aromatic heterocycles. The number of carbonyl (C=O) groups excluding carboxylic acids is 1. The highest BCUT2D eigenvalue weighted by Gasteiger charge is 2.44. The monoisotopic (exact) mass is 1080 g/mol. The molecule has 1 N–H and O–H groups in total. The second kappa shape index (κ2) is 28.4. The fourth-order valence-corrected chi connectivity index (χ4v) is 12.0. The van der Waals surface area contributed by atoms with E-state index < -0.39 is 29.6 Å². The first-order valence-electron chi connectivity index (χ1n) is 25.9. The third kappa shape index (κ3) is 15.8. The minimum atomic E-state index is -3.75. The van der Waals surface area contributed by atoms with Gasteiger partial charge < -0.3 is 37.8 Å². The fourth-order valence-electron chi connectivity index (χ4n) is 9.21. The maximum Gasteiger partial charge on any atom is 0.259 e. The zero-order chi connectivity index (χ0) is 54.7. The van der Waals surface area contributed by atoms with E-state index in [0.717, 1.165) is 22.4 Å². The van der Waals surface area contributed by atoms with Crippen LogP contribution in [0.1, 0.15) is 89.3 Å². The first-order valence-corrected chi connectivity index (χ1v) is 28.5. The van der Waals surface area contributed by atoms with Gasteiger partial charge in [0.25, 0.3) is 8.53 Å². The zero-order valence-corrected chi connectivity index (χ0v) is 47.3. The number of unbranched alkanes of at least 4 members (excludes halogenated alkanes) is 2. The van der Waals surface area contributed by atoms with Crippen LogP contribution >= 0.6 is 8.53 Å². The lowest BCUT2D eigenvalue weighted by Crippen LogP contribution is -2.48. The number of benzene rings is 5. The van der Waals surface area contributed by atoms with Gasteiger partial charge in [0, 0.05) is 63.3 Å². The Morgan fingerprint density at radius 3 is 1.64 bits per heavy atom. The number of azo groups is 1. The first-order chi connectivity index (χ1) is 36.6. The highest BCUT2D eigenvalue weighted by Crippen LogP contribution is 2.50. The number of nitrogens with zero attached hydrogens (tertiary/aromatic N) is 6. The Morgan fingerprint density at radius 2 is 1.20 bits per heavy atom. The maximum atomic E-state index is 13.9. The van der Waals surface area contributed by atoms with Gasteiger partial charge in [0.2, 0.25) is 15.9 Å². The van der Waals surface area contributed by atoms with E-state index in [1.165, 1.54) is 12.1 Å². The van der Waals surface area contributed by atoms with Crippen LogP contribution in [0.3, 0.4) is 0 Å². The molecular formula is C58H76N7O9PS. The van der Waals surface area contributed by atoms with Crippen LogP contribution < -0.4 is 23.8 Å². The molecule has 6 rings (SSSR count). The highest BCUT2D eigenvalue weighted by atomic mass is 32.2. The molecule has 0 bridgehead atoms. The molecule has 76 heavy (non-hydrogen) atoms. The molecule has 16 nitrogen and oxygen atoms in total. The summed E-state index contributed by atoms with van der Waals surface area (Å²) in [6.07, 6.45) is 3.61. The first kappa shape index (κ1) is 59.3. The topological polar surface area (TPSA) is 177 Å². The number of likely N-dealkylation sites (tertiary alicyclic amines) is 1. The molecule has 1 unspecified atom stereocenters. The van der Waals surface area contributed by atoms with Crippen LogP contribution in [0, 0.1) is 16.7 Å². The van der Waals surface area contributed by atoms with Crippen molar-refractivity contribution in [1.29, 1.82) is 5.26 Å². The number of sulfonamides is 1. The van der Waals surface area contributed by atoms with Crippen LogP contribution in [0.25, 0.3) is 0 Å². The molecular weight excluding hydrogens is 1000 g/mol. The van der Waals surface area contributed by atoms with Crippen LogP contribution in [-0.4, -0.2) is 111 Å². The molecule has 1 atom stereocenters. The molecule has 1 aliphatic rings. The SMILES string of the molecule is COc1ccc(C(OCC2(COP(OCCC#N)N(C(C)C)C(C)C)CCN(C(=O)CCCCCNS(=O)(=O)c3ccc(N=Nc4ccc(N(C)C)cc4)cc3)CC2)(c2ccc(OC)cc2)c2ccc(OC)cc2)cc1. The number of nitrogens with one attached hydrogen (secondary N) is 1. The van der Waals surface area contributed by atoms with Crippen molar-refractivity contribution in [1.82, 2.24) is 14.3 Å². The number of methoxy groups -OCH3 is 3. The highest BCUT2D eigenvalue weighted by molar-refractivity contribution is 7.89. The Morgan fingerprint density at radius 1 is 0.711 bits per heavy atom. The third-order valence-electron chi connectivity index (χ3n) is 13.6. The molecule has 408 valence electrons. The normalized spacial score (nSPS) is 14.3. The summed E-state index contributed by atoms with van der Waals surface area (Å²) in [6.45, 7) is 10.4. The van der Waals surface area contributed by atoms with E-state index in [9.17, 15) is 18.5 Å². The average molecular weight is 1080 g/mol. The summed E-state index contributed by atoms with van der Waals surface area (Å²) in [5.41, 5.74) is 3.21. The second-order valence-corrected chi connectivity index (χ2v) is 22.9. The Kier molecular flexibility index (Phi) is 22.2. The number of hydrogen-bond acceptors (Lipinski definition) is 14. The van der Waals surface area contributed by atoms with Crippen LogP contribution in [0.5, 0.6) is 17.2 Å². The van der Waals surface area contributed by atoms with Crippen molar-refractivity contribution in [3.63, 3.8) is 0 Å². The molecule has 1 aliphatic heterocycles. The van der Waals surface area contributed by atoms with Crippen molar-refractivity contribution in [2.45, 2.75) is 95.2 Å². The molecule has 0 spiro atoms. The molecule has 0 aliphatic carbocycles. The van der Waals surface area contributed by atoms with E-state index in [-0.39, 0.29) is 55.7 Å². The van der Waals surface area contributed by atoms with E-state index in [1.807, 2.05) is 121 Å². The third-order valence-corrected chi connectivity index (χ3v) is 17.1. The molecule has 1 fully saturated rings. The van der Waals surface area contributed by atoms with Crippen molar-refractivity contribution >= 4 is 41.5 Å². The largest absolute Gasteiger partial charge is 0.497 e. The number of amides is 1. The number of ether oxygens (including phenoxy) is 4. The number of carbonyl (C=O) groups is 1. The summed E-state index contributed by atoms with van der Waals surface area (Å²) < 4.78 is 69.0. The van der Waals surface area contributed by atoms with E-state index in [4.69, 9.17) is 28.0 Å². The average Bonchev–Trinajstić information content (AvgIpc) is 3.44. The van der Waals surface area contributed by atoms with E-state index >= 15 is 0 Å². The van der Waals surface area contributed by atoms with Crippen molar-refractivity contribution in [2.24, 2.45) is 15.6 Å². The summed E-state index contributed by atoms with van der Waals surface area (Å²) in [5, 5.41) is 18.0. The van der Waals surface area contributed by atoms with Crippen molar-refractivity contribution in [3.8, 4) is 23.3 Å². The van der Waals surface area contributed by atoms with Crippen molar-refractivity contribution in [3.05, 3.63) is 138 Å². The van der Waals surface area contributed by atoms with E-state index in [0.29, 0.717) is 80.2 Å². The molecule has 0 saturated carbocycles. The quantitative estimate of drug-likeness (QED) is 0.0208. The zero-order valence-electron chi connectivity index (χ0n) is 45.6. The van der Waals surface area contributed by atoms with Crippen LogP contribution in [0.2, 0.25) is 0 Å². The van der Waals surface area contributed by atoms with Gasteiger partial charge in [-0.3, -0.25) is 4.79 Å². The Hall–Kier alpha value is -5.96. The van der Waals surface area contributed by atoms with Gasteiger partial charge in [-0.2, -0.15) is 15.5 Å². The van der Waals surface area contributed by atoms with Gasteiger partial charge in [-0.1, -0.05) is 42.8 Å². The predicted molar refractivity (Wildman–Crippen MR) is 299 cm³/mol. The fraction of sp³-hybridized carbons (Fsp3) is 0.448. The number of piperidine rings is 1. The summed E-state index contributed by atoms with van der Waals surface area (Å²) in [6, 6.07) is 40.1. The lowest BCUT2D eigenvalue weighted by Gasteiger charge is -2.46. The van der Waals surface area contributed by atoms with Crippen molar-refractivity contribution < 1.29 is 41.2 Å². The lowest BCUT2D eigenvalue weighted by atomic mass is 9.77. The van der Waals surface area contributed by atoms with Gasteiger partial charge in [0.1, 0.15) is 22.8 Å². The Labute approximate surface area is 452 Å². The predicted octanol–water partition coefficient (Wildman–Crippen LogP) is 11.9. The smallest absolute Gasteiger partial charge is 0.259 e. The molecule has 1 amide bonds. The van der Waals surface area contributed by atoms with Gasteiger partial charge in [-0.15, -0.1) is 0 Å². The van der Waals surface area contributed by atoms with E-state index in [2.05, 4.69) is 53.4 Å². The molecule has 1 saturated heterocycles. The summed E-state index contributed by atoms with van der Waals surface area (Å²) >= 11 is 0. The van der Waals surface area contributed by atoms with Crippen LogP contribution in [0.15, 0.2) is 136 Å². The summed E-state index contributed by atoms with van der Waals surface area (Å²) in [7, 11) is 3.54. The molecule has 1 heterocycles. The molecule has 5 aromatic rings. The van der Waals surface area contributed by atoms with Crippen molar-refractivity contribution in [2.75, 3.05) is 79.8 Å². The number of anilines is 1. The van der Waals surface area contributed by atoms with Crippen LogP contribution in [0.4, 0.5) is 17.1 Å². The van der Waals surface area contributed by atoms with Gasteiger partial charge in [-0.05, 0) is 155 Å². The maximum absolute atomic E-state index is 13.9. The standard InChI is InChI=1S/C58H76N7O9PS/c1-44(2)65(45(3)4)75(73-41-13-37-59)74-43-57(42-72-58(46-15-27-52(69-7)28-16-46,47-17-29-53(70-8)30-18-47)48-19-31-54(71-9)32-20-48)35-39-64(40-36-57)56(66)14-11-10-12-38-60-76(67,68)55-33-23-50(24-34-55)62-61-49-21-25-51(26-22-49)63(5)6/h15-34,44-45,60H,10-14,35-36,38-43H2,1-9H3. The number of rotatable bonds is 29. The Bertz CT molecular complexity index is 2620. The van der Waals surface area contributed by atoms with Gasteiger partial charge in [0.05, 0.1) is 69.9 Å². The summed E-state index contributed by atoms with van der Waals surface area (Å²) in [5.74, 6) is 2.17. The molecule has 0 radical (unpaired) electrons. The Balaban J connectivity index is 1.15. The van der Waals surface area contributed by atoms with Gasteiger partial charge >= 0.3 is 0 Å². The molecule has 5 aromatic carbocycles. The number of hydrogen-bond donors (Lipinski definition) is 1. The van der Waals surface area contributed by atoms with E-state index in [1.54, 1.807) is 33.5 Å². The molecule has 18 heteroatoms. The summed E-state index contributed by atoms with van der Waals surface area (Å²) in [4.78, 5) is 18.0. The minimum absolute atomic E-state index is 0.0516. The van der Waals surface area contributed by atoms with Gasteiger partial charge in [-0.25, -0.2) is 17.8 Å². The van der Waals surface area contributed by atoms with Crippen LogP contribution in [-0.2, 0) is 34.2 Å². The van der Waals surface area contributed by atoms with Gasteiger partial charge in [0.15, 0.2) is 0 Å². The minimum Gasteiger partial charge on any atom is -0.497 e. The second-order valence-electron chi connectivity index (χ2n) is 19.7.